The minimum absolute atomic E-state index is 0.0108. The van der Waals surface area contributed by atoms with Crippen molar-refractivity contribution in [2.24, 2.45) is 5.41 Å². The Morgan fingerprint density at radius 3 is 2.51 bits per heavy atom. The van der Waals surface area contributed by atoms with Crippen LogP contribution in [0.25, 0.3) is 0 Å². The molecule has 2 fully saturated rings. The molecule has 2 aromatic rings. The lowest BCUT2D eigenvalue weighted by atomic mass is 9.79. The summed E-state index contributed by atoms with van der Waals surface area (Å²) in [7, 11) is 1.56. The van der Waals surface area contributed by atoms with Crippen LogP contribution in [0.15, 0.2) is 30.6 Å². The first-order valence-corrected chi connectivity index (χ1v) is 11.3. The summed E-state index contributed by atoms with van der Waals surface area (Å²) in [5, 5.41) is 5.64. The molecule has 0 unspecified atom stereocenters. The maximum absolute atomic E-state index is 15.6. The number of hydrogen-bond acceptors (Lipinski definition) is 7. The molecule has 0 spiro atoms. The van der Waals surface area contributed by atoms with E-state index in [9.17, 15) is 18.0 Å². The molecule has 1 aromatic carbocycles. The number of anilines is 2. The van der Waals surface area contributed by atoms with Crippen LogP contribution in [-0.4, -0.2) is 62.4 Å². The molecule has 2 saturated heterocycles. The Hall–Kier alpha value is -2.99. The number of carbonyl (C=O) groups is 1. The lowest BCUT2D eigenvalue weighted by molar-refractivity contribution is -0.137. The summed E-state index contributed by atoms with van der Waals surface area (Å²) in [5.74, 6) is -0.900. The van der Waals surface area contributed by atoms with E-state index in [4.69, 9.17) is 9.47 Å². The number of halogens is 4. The zero-order valence-corrected chi connectivity index (χ0v) is 19.2. The maximum Gasteiger partial charge on any atom is 0.416 e. The van der Waals surface area contributed by atoms with Gasteiger partial charge in [-0.3, -0.25) is 4.79 Å². The zero-order chi connectivity index (χ0) is 25.1. The van der Waals surface area contributed by atoms with Crippen LogP contribution in [0.3, 0.4) is 0 Å². The lowest BCUT2D eigenvalue weighted by Gasteiger charge is -2.37. The average Bonchev–Trinajstić information content (AvgIpc) is 2.88. The van der Waals surface area contributed by atoms with Crippen LogP contribution in [0.5, 0.6) is 0 Å². The van der Waals surface area contributed by atoms with Crippen LogP contribution >= 0.6 is 0 Å². The molecular weight excluding hydrogens is 470 g/mol. The molecule has 0 radical (unpaired) electrons. The predicted octanol–water partition coefficient (Wildman–Crippen LogP) is 3.17. The van der Waals surface area contributed by atoms with Crippen molar-refractivity contribution in [3.63, 3.8) is 0 Å². The summed E-state index contributed by atoms with van der Waals surface area (Å²) in [6, 6.07) is 4.20. The Morgan fingerprint density at radius 1 is 1.14 bits per heavy atom. The lowest BCUT2D eigenvalue weighted by Crippen LogP contribution is -2.48. The van der Waals surface area contributed by atoms with E-state index in [0.717, 1.165) is 12.1 Å². The second-order valence-electron chi connectivity index (χ2n) is 8.59. The largest absolute Gasteiger partial charge is 0.416 e. The molecule has 2 aliphatic rings. The Balaban J connectivity index is 1.57. The fourth-order valence-corrected chi connectivity index (χ4v) is 4.48. The van der Waals surface area contributed by atoms with E-state index >= 15 is 4.39 Å². The SMILES string of the molecule is CNC(=O)C1(CNc2ncnc(N3CCOC[C@@H]3c3ccc(C(F)(F)F)cc3)c2F)CCOCC1. The molecule has 1 aromatic heterocycles. The van der Waals surface area contributed by atoms with Gasteiger partial charge >= 0.3 is 6.18 Å². The van der Waals surface area contributed by atoms with Gasteiger partial charge in [0.2, 0.25) is 11.7 Å². The van der Waals surface area contributed by atoms with Gasteiger partial charge in [0.15, 0.2) is 11.6 Å². The van der Waals surface area contributed by atoms with Gasteiger partial charge in [0, 0.05) is 33.4 Å². The Labute approximate surface area is 200 Å². The van der Waals surface area contributed by atoms with Gasteiger partial charge in [-0.25, -0.2) is 9.97 Å². The number of alkyl halides is 3. The molecule has 4 rings (SSSR count). The third-order valence-electron chi connectivity index (χ3n) is 6.55. The fraction of sp³-hybridized carbons (Fsp3) is 0.522. The predicted molar refractivity (Wildman–Crippen MR) is 119 cm³/mol. The summed E-state index contributed by atoms with van der Waals surface area (Å²) >= 11 is 0. The van der Waals surface area contributed by atoms with Crippen LogP contribution in [0.4, 0.5) is 29.2 Å². The van der Waals surface area contributed by atoms with E-state index in [1.165, 1.54) is 18.5 Å². The zero-order valence-electron chi connectivity index (χ0n) is 19.2. The summed E-state index contributed by atoms with van der Waals surface area (Å²) < 4.78 is 65.4. The van der Waals surface area contributed by atoms with Gasteiger partial charge in [-0.15, -0.1) is 0 Å². The number of morpholine rings is 1. The minimum Gasteiger partial charge on any atom is -0.381 e. The van der Waals surface area contributed by atoms with E-state index in [2.05, 4.69) is 20.6 Å². The standard InChI is InChI=1S/C23H27F4N5O3/c1-28-21(33)22(6-9-34-10-7-22)13-29-19-18(24)20(31-14-30-19)32-8-11-35-12-17(32)15-2-4-16(5-3-15)23(25,26)27/h2-5,14,17H,6-13H2,1H3,(H,28,33)(H,29,30,31)/t17-/m1/s1. The van der Waals surface area contributed by atoms with Gasteiger partial charge in [0.1, 0.15) is 6.33 Å². The van der Waals surface area contributed by atoms with Crippen LogP contribution in [0.2, 0.25) is 0 Å². The average molecular weight is 497 g/mol. The van der Waals surface area contributed by atoms with Gasteiger partial charge in [0.25, 0.3) is 0 Å². The van der Waals surface area contributed by atoms with Crippen molar-refractivity contribution in [2.75, 3.05) is 56.8 Å². The molecule has 35 heavy (non-hydrogen) atoms. The smallest absolute Gasteiger partial charge is 0.381 e. The first-order chi connectivity index (χ1) is 16.7. The van der Waals surface area contributed by atoms with Gasteiger partial charge in [-0.1, -0.05) is 12.1 Å². The quantitative estimate of drug-likeness (QED) is 0.593. The third-order valence-corrected chi connectivity index (χ3v) is 6.55. The molecule has 3 heterocycles. The summed E-state index contributed by atoms with van der Waals surface area (Å²) in [5.41, 5.74) is -0.972. The van der Waals surface area contributed by atoms with Crippen molar-refractivity contribution in [1.82, 2.24) is 15.3 Å². The van der Waals surface area contributed by atoms with Crippen LogP contribution in [0.1, 0.15) is 30.0 Å². The second-order valence-corrected chi connectivity index (χ2v) is 8.59. The molecule has 1 amide bonds. The normalized spacial score (nSPS) is 20.4. The summed E-state index contributed by atoms with van der Waals surface area (Å²) in [6.07, 6.45) is -2.26. The van der Waals surface area contributed by atoms with Crippen LogP contribution in [0, 0.1) is 11.2 Å². The molecule has 12 heteroatoms. The van der Waals surface area contributed by atoms with E-state index in [-0.39, 0.29) is 30.7 Å². The molecule has 190 valence electrons. The van der Waals surface area contributed by atoms with Crippen LogP contribution < -0.4 is 15.5 Å². The number of rotatable bonds is 6. The highest BCUT2D eigenvalue weighted by Gasteiger charge is 2.40. The van der Waals surface area contributed by atoms with Crippen molar-refractivity contribution in [3.8, 4) is 0 Å². The van der Waals surface area contributed by atoms with Crippen molar-refractivity contribution >= 4 is 17.5 Å². The monoisotopic (exact) mass is 497 g/mol. The highest BCUT2D eigenvalue weighted by Crippen LogP contribution is 2.35. The number of aromatic nitrogens is 2. The first-order valence-electron chi connectivity index (χ1n) is 11.3. The summed E-state index contributed by atoms with van der Waals surface area (Å²) in [6.45, 7) is 1.78. The number of nitrogens with zero attached hydrogens (tertiary/aromatic N) is 3. The number of hydrogen-bond donors (Lipinski definition) is 2. The molecule has 2 N–H and O–H groups in total. The van der Waals surface area contributed by atoms with Crippen LogP contribution in [-0.2, 0) is 20.4 Å². The van der Waals surface area contributed by atoms with Crippen molar-refractivity contribution in [1.29, 1.82) is 0 Å². The van der Waals surface area contributed by atoms with E-state index in [0.29, 0.717) is 44.8 Å². The highest BCUT2D eigenvalue weighted by molar-refractivity contribution is 5.83. The Morgan fingerprint density at radius 2 is 1.86 bits per heavy atom. The number of nitrogens with one attached hydrogen (secondary N) is 2. The topological polar surface area (TPSA) is 88.6 Å². The molecule has 0 saturated carbocycles. The molecule has 8 nitrogen and oxygen atoms in total. The molecule has 2 aliphatic heterocycles. The molecule has 0 aliphatic carbocycles. The number of benzene rings is 1. The van der Waals surface area contributed by atoms with Crippen molar-refractivity contribution in [2.45, 2.75) is 25.1 Å². The van der Waals surface area contributed by atoms with E-state index in [1.54, 1.807) is 11.9 Å². The number of carbonyl (C=O) groups excluding carboxylic acids is 1. The summed E-state index contributed by atoms with van der Waals surface area (Å²) in [4.78, 5) is 22.4. The first kappa shape index (κ1) is 25.1. The van der Waals surface area contributed by atoms with E-state index < -0.39 is 29.0 Å². The van der Waals surface area contributed by atoms with Gasteiger partial charge in [-0.2, -0.15) is 17.6 Å². The molecule has 0 bridgehead atoms. The van der Waals surface area contributed by atoms with Crippen molar-refractivity contribution < 1.29 is 31.8 Å². The number of amides is 1. The van der Waals surface area contributed by atoms with Crippen molar-refractivity contribution in [3.05, 3.63) is 47.5 Å². The van der Waals surface area contributed by atoms with E-state index in [1.807, 2.05) is 0 Å². The second kappa shape index (κ2) is 10.3. The Kier molecular flexibility index (Phi) is 7.41. The Bertz CT molecular complexity index is 1030. The highest BCUT2D eigenvalue weighted by atomic mass is 19.4. The fourth-order valence-electron chi connectivity index (χ4n) is 4.48. The molecular formula is C23H27F4N5O3. The third kappa shape index (κ3) is 5.32. The minimum atomic E-state index is -4.45. The van der Waals surface area contributed by atoms with Gasteiger partial charge in [-0.05, 0) is 30.5 Å². The van der Waals surface area contributed by atoms with Gasteiger partial charge < -0.3 is 25.0 Å². The maximum atomic E-state index is 15.6. The molecule has 1 atom stereocenters. The number of ether oxygens (including phenoxy) is 2. The van der Waals surface area contributed by atoms with Gasteiger partial charge in [0.05, 0.1) is 30.2 Å².